The number of nitrogens with one attached hydrogen (secondary N) is 1. The van der Waals surface area contributed by atoms with Crippen molar-refractivity contribution in [3.63, 3.8) is 0 Å². The van der Waals surface area contributed by atoms with Crippen molar-refractivity contribution in [2.45, 2.75) is 25.6 Å². The summed E-state index contributed by atoms with van der Waals surface area (Å²) in [4.78, 5) is 6.11. The molecule has 5 nitrogen and oxygen atoms in total. The molecule has 1 aromatic rings. The van der Waals surface area contributed by atoms with Crippen molar-refractivity contribution in [3.05, 3.63) is 10.8 Å². The summed E-state index contributed by atoms with van der Waals surface area (Å²) in [6.45, 7) is 3.01. The standard InChI is InChI=1S/C10H15ClFN5/c1-6-9(11)15-16-10(13-6)14-8-3-7(12)4-17(2)5-8/h7-8H,3-5H2,1-2H3,(H,13,14,16)/t7-,8-/m1/s1. The zero-order valence-corrected chi connectivity index (χ0v) is 10.6. The minimum Gasteiger partial charge on any atom is -0.349 e. The summed E-state index contributed by atoms with van der Waals surface area (Å²) in [5.74, 6) is 0.402. The van der Waals surface area contributed by atoms with E-state index in [1.807, 2.05) is 11.9 Å². The highest BCUT2D eigenvalue weighted by Gasteiger charge is 2.25. The fraction of sp³-hybridized carbons (Fsp3) is 0.700. The van der Waals surface area contributed by atoms with Crippen LogP contribution in [-0.2, 0) is 0 Å². The molecule has 1 fully saturated rings. The molecule has 0 spiro atoms. The molecule has 1 N–H and O–H groups in total. The van der Waals surface area contributed by atoms with Crippen molar-refractivity contribution in [3.8, 4) is 0 Å². The van der Waals surface area contributed by atoms with Crippen LogP contribution in [0.3, 0.4) is 0 Å². The van der Waals surface area contributed by atoms with Gasteiger partial charge in [-0.05, 0) is 14.0 Å². The second-order valence-electron chi connectivity index (χ2n) is 4.41. The van der Waals surface area contributed by atoms with Gasteiger partial charge in [0.15, 0.2) is 5.15 Å². The van der Waals surface area contributed by atoms with Gasteiger partial charge >= 0.3 is 0 Å². The highest BCUT2D eigenvalue weighted by Crippen LogP contribution is 2.16. The van der Waals surface area contributed by atoms with Crippen molar-refractivity contribution in [2.24, 2.45) is 0 Å². The van der Waals surface area contributed by atoms with Crippen molar-refractivity contribution in [1.29, 1.82) is 0 Å². The van der Waals surface area contributed by atoms with Gasteiger partial charge in [-0.1, -0.05) is 11.6 Å². The first-order valence-electron chi connectivity index (χ1n) is 5.50. The lowest BCUT2D eigenvalue weighted by Gasteiger charge is -2.32. The first-order valence-corrected chi connectivity index (χ1v) is 5.88. The van der Waals surface area contributed by atoms with E-state index in [4.69, 9.17) is 11.6 Å². The molecule has 0 saturated carbocycles. The molecule has 1 saturated heterocycles. The van der Waals surface area contributed by atoms with Crippen LogP contribution in [0.2, 0.25) is 5.15 Å². The van der Waals surface area contributed by atoms with Gasteiger partial charge in [0.25, 0.3) is 0 Å². The van der Waals surface area contributed by atoms with E-state index in [0.717, 1.165) is 6.54 Å². The van der Waals surface area contributed by atoms with Crippen LogP contribution < -0.4 is 5.32 Å². The number of likely N-dealkylation sites (N-methyl/N-ethyl adjacent to an activating group) is 1. The lowest BCUT2D eigenvalue weighted by molar-refractivity contribution is 0.153. The van der Waals surface area contributed by atoms with Crippen molar-refractivity contribution >= 4 is 17.5 Å². The number of likely N-dealkylation sites (tertiary alicyclic amines) is 1. The number of aryl methyl sites for hydroxylation is 1. The topological polar surface area (TPSA) is 53.9 Å². The van der Waals surface area contributed by atoms with Crippen LogP contribution in [0.4, 0.5) is 10.3 Å². The maximum atomic E-state index is 13.4. The number of nitrogens with zero attached hydrogens (tertiary/aromatic N) is 4. The van der Waals surface area contributed by atoms with E-state index in [9.17, 15) is 4.39 Å². The second-order valence-corrected chi connectivity index (χ2v) is 4.77. The molecule has 0 amide bonds. The van der Waals surface area contributed by atoms with Crippen LogP contribution in [0.25, 0.3) is 0 Å². The van der Waals surface area contributed by atoms with Crippen LogP contribution >= 0.6 is 11.6 Å². The second kappa shape index (κ2) is 5.10. The van der Waals surface area contributed by atoms with E-state index in [1.54, 1.807) is 6.92 Å². The number of alkyl halides is 1. The average molecular weight is 260 g/mol. The van der Waals surface area contributed by atoms with Gasteiger partial charge < -0.3 is 10.2 Å². The number of anilines is 1. The van der Waals surface area contributed by atoms with Gasteiger partial charge in [0, 0.05) is 25.6 Å². The SMILES string of the molecule is Cc1nc(N[C@@H]2C[C@@H](F)CN(C)C2)nnc1Cl. The largest absolute Gasteiger partial charge is 0.349 e. The molecule has 1 aromatic heterocycles. The molecule has 17 heavy (non-hydrogen) atoms. The lowest BCUT2D eigenvalue weighted by atomic mass is 10.1. The maximum absolute atomic E-state index is 13.4. The minimum atomic E-state index is -0.812. The van der Waals surface area contributed by atoms with Crippen LogP contribution in [-0.4, -0.2) is 52.4 Å². The third kappa shape index (κ3) is 3.23. The molecule has 0 bridgehead atoms. The predicted molar refractivity (Wildman–Crippen MR) is 64.0 cm³/mol. The van der Waals surface area contributed by atoms with Gasteiger partial charge in [-0.3, -0.25) is 0 Å². The molecule has 0 aliphatic carbocycles. The fourth-order valence-corrected chi connectivity index (χ4v) is 2.07. The van der Waals surface area contributed by atoms with Gasteiger partial charge in [0.2, 0.25) is 5.95 Å². The molecule has 7 heteroatoms. The maximum Gasteiger partial charge on any atom is 0.243 e. The predicted octanol–water partition coefficient (Wildman–Crippen LogP) is 1.29. The normalized spacial score (nSPS) is 25.9. The summed E-state index contributed by atoms with van der Waals surface area (Å²) < 4.78 is 13.4. The van der Waals surface area contributed by atoms with E-state index in [2.05, 4.69) is 20.5 Å². The van der Waals surface area contributed by atoms with E-state index in [-0.39, 0.29) is 6.04 Å². The Kier molecular flexibility index (Phi) is 3.73. The zero-order valence-electron chi connectivity index (χ0n) is 9.82. The van der Waals surface area contributed by atoms with Crippen LogP contribution in [0.15, 0.2) is 0 Å². The Balaban J connectivity index is 2.02. The Morgan fingerprint density at radius 1 is 1.41 bits per heavy atom. The zero-order chi connectivity index (χ0) is 12.4. The van der Waals surface area contributed by atoms with Crippen LogP contribution in [0.1, 0.15) is 12.1 Å². The molecule has 1 aliphatic heterocycles. The van der Waals surface area contributed by atoms with Crippen LogP contribution in [0, 0.1) is 6.92 Å². The van der Waals surface area contributed by atoms with Gasteiger partial charge in [-0.25, -0.2) is 9.37 Å². The number of halogens is 2. The molecular formula is C10H15ClFN5. The van der Waals surface area contributed by atoms with E-state index >= 15 is 0 Å². The first kappa shape index (κ1) is 12.4. The van der Waals surface area contributed by atoms with E-state index in [0.29, 0.717) is 29.8 Å². The van der Waals surface area contributed by atoms with Gasteiger partial charge in [-0.15, -0.1) is 10.2 Å². The molecule has 2 rings (SSSR count). The lowest BCUT2D eigenvalue weighted by Crippen LogP contribution is -2.45. The number of aromatic nitrogens is 3. The summed E-state index contributed by atoms with van der Waals surface area (Å²) in [5, 5.41) is 11.0. The van der Waals surface area contributed by atoms with Crippen molar-refractivity contribution in [1.82, 2.24) is 20.1 Å². The van der Waals surface area contributed by atoms with Gasteiger partial charge in [0.1, 0.15) is 6.17 Å². The summed E-state index contributed by atoms with van der Waals surface area (Å²) >= 11 is 5.74. The summed E-state index contributed by atoms with van der Waals surface area (Å²) in [6, 6.07) is 0.00567. The monoisotopic (exact) mass is 259 g/mol. The minimum absolute atomic E-state index is 0.00567. The van der Waals surface area contributed by atoms with E-state index in [1.165, 1.54) is 0 Å². The molecule has 0 unspecified atom stereocenters. The Morgan fingerprint density at radius 3 is 2.82 bits per heavy atom. The summed E-state index contributed by atoms with van der Waals surface area (Å²) in [7, 11) is 1.90. The molecule has 1 aliphatic rings. The van der Waals surface area contributed by atoms with Crippen molar-refractivity contribution < 1.29 is 4.39 Å². The highest BCUT2D eigenvalue weighted by atomic mass is 35.5. The van der Waals surface area contributed by atoms with Crippen molar-refractivity contribution in [2.75, 3.05) is 25.5 Å². The molecular weight excluding hydrogens is 245 g/mol. The molecule has 0 aromatic carbocycles. The molecule has 2 atom stereocenters. The molecule has 2 heterocycles. The average Bonchev–Trinajstić information content (AvgIpc) is 2.22. The number of piperidine rings is 1. The third-order valence-electron chi connectivity index (χ3n) is 2.72. The summed E-state index contributed by atoms with van der Waals surface area (Å²) in [6.07, 6.45) is -0.345. The van der Waals surface area contributed by atoms with Gasteiger partial charge in [0.05, 0.1) is 5.69 Å². The fourth-order valence-electron chi connectivity index (χ4n) is 1.99. The molecule has 0 radical (unpaired) electrons. The smallest absolute Gasteiger partial charge is 0.243 e. The number of hydrogen-bond donors (Lipinski definition) is 1. The number of rotatable bonds is 2. The quantitative estimate of drug-likeness (QED) is 0.867. The number of hydrogen-bond acceptors (Lipinski definition) is 5. The first-order chi connectivity index (χ1) is 8.04. The summed E-state index contributed by atoms with van der Waals surface area (Å²) in [5.41, 5.74) is 0.616. The Labute approximate surface area is 104 Å². The third-order valence-corrected chi connectivity index (χ3v) is 3.07. The Morgan fingerprint density at radius 2 is 2.18 bits per heavy atom. The van der Waals surface area contributed by atoms with Gasteiger partial charge in [-0.2, -0.15) is 0 Å². The van der Waals surface area contributed by atoms with E-state index < -0.39 is 6.17 Å². The Bertz CT molecular complexity index is 392. The highest BCUT2D eigenvalue weighted by molar-refractivity contribution is 6.29. The van der Waals surface area contributed by atoms with Crippen LogP contribution in [0.5, 0.6) is 0 Å². The Hall–Kier alpha value is -1.01. The molecule has 94 valence electrons.